The van der Waals surface area contributed by atoms with Crippen LogP contribution in [0.1, 0.15) is 44.8 Å². The van der Waals surface area contributed by atoms with Gasteiger partial charge < -0.3 is 14.8 Å². The molecular formula is C28H27N5O3. The lowest BCUT2D eigenvalue weighted by atomic mass is 9.74. The highest BCUT2D eigenvalue weighted by atomic mass is 16.2. The van der Waals surface area contributed by atoms with Crippen LogP contribution in [-0.2, 0) is 12.5 Å². The van der Waals surface area contributed by atoms with E-state index >= 15 is 0 Å². The molecule has 0 radical (unpaired) electrons. The minimum absolute atomic E-state index is 0.0431. The number of aromatic nitrogens is 3. The Labute approximate surface area is 208 Å². The summed E-state index contributed by atoms with van der Waals surface area (Å²) in [6.07, 6.45) is 3.26. The minimum Gasteiger partial charge on any atom is -0.339 e. The molecule has 0 bridgehead atoms. The van der Waals surface area contributed by atoms with Crippen molar-refractivity contribution in [2.75, 3.05) is 24.5 Å². The number of para-hydroxylation sites is 2. The van der Waals surface area contributed by atoms with Gasteiger partial charge in [-0.2, -0.15) is 5.10 Å². The molecule has 2 amide bonds. The summed E-state index contributed by atoms with van der Waals surface area (Å²) in [7, 11) is 1.82. The third-order valence-corrected chi connectivity index (χ3v) is 7.70. The van der Waals surface area contributed by atoms with Gasteiger partial charge in [0, 0.05) is 61.0 Å². The van der Waals surface area contributed by atoms with Gasteiger partial charge in [0.05, 0.1) is 16.8 Å². The van der Waals surface area contributed by atoms with Crippen LogP contribution < -0.4 is 10.5 Å². The van der Waals surface area contributed by atoms with Crippen molar-refractivity contribution in [3.63, 3.8) is 0 Å². The van der Waals surface area contributed by atoms with E-state index in [0.717, 1.165) is 29.5 Å². The van der Waals surface area contributed by atoms with Gasteiger partial charge in [-0.15, -0.1) is 0 Å². The van der Waals surface area contributed by atoms with Crippen LogP contribution in [0.25, 0.3) is 10.9 Å². The van der Waals surface area contributed by atoms with E-state index < -0.39 is 0 Å². The van der Waals surface area contributed by atoms with Gasteiger partial charge in [0.2, 0.25) is 5.56 Å². The number of likely N-dealkylation sites (tertiary alicyclic amines) is 1. The van der Waals surface area contributed by atoms with E-state index in [1.807, 2.05) is 66.2 Å². The van der Waals surface area contributed by atoms with Crippen molar-refractivity contribution in [2.24, 2.45) is 7.05 Å². The smallest absolute Gasteiger partial charge is 0.261 e. The lowest BCUT2D eigenvalue weighted by molar-refractivity contribution is 0.0672. The Hall–Kier alpha value is -4.20. The molecule has 8 nitrogen and oxygen atoms in total. The Morgan fingerprint density at radius 2 is 1.69 bits per heavy atom. The summed E-state index contributed by atoms with van der Waals surface area (Å²) in [5, 5.41) is 5.10. The van der Waals surface area contributed by atoms with Crippen LogP contribution in [0.15, 0.2) is 65.6 Å². The molecule has 0 atom stereocenters. The van der Waals surface area contributed by atoms with Crippen molar-refractivity contribution < 1.29 is 9.59 Å². The second-order valence-corrected chi connectivity index (χ2v) is 9.88. The number of benzene rings is 2. The maximum absolute atomic E-state index is 13.6. The topological polar surface area (TPSA) is 91.3 Å². The van der Waals surface area contributed by atoms with E-state index in [2.05, 4.69) is 16.1 Å². The van der Waals surface area contributed by atoms with Gasteiger partial charge in [0.1, 0.15) is 0 Å². The van der Waals surface area contributed by atoms with Gasteiger partial charge in [-0.1, -0.05) is 36.4 Å². The van der Waals surface area contributed by atoms with Crippen molar-refractivity contribution in [2.45, 2.75) is 25.2 Å². The number of rotatable bonds is 2. The number of carbonyl (C=O) groups is 2. The number of hydrogen-bond acceptors (Lipinski definition) is 4. The molecule has 1 spiro atoms. The number of fused-ring (bicyclic) bond motifs is 3. The molecule has 4 heterocycles. The van der Waals surface area contributed by atoms with E-state index in [9.17, 15) is 14.4 Å². The third kappa shape index (κ3) is 3.44. The van der Waals surface area contributed by atoms with E-state index in [0.29, 0.717) is 42.0 Å². The number of carbonyl (C=O) groups excluding carboxylic acids is 2. The fourth-order valence-electron chi connectivity index (χ4n) is 5.88. The molecule has 2 aromatic carbocycles. The first kappa shape index (κ1) is 22.3. The highest BCUT2D eigenvalue weighted by Gasteiger charge is 2.47. The summed E-state index contributed by atoms with van der Waals surface area (Å²) in [6, 6.07) is 16.9. The van der Waals surface area contributed by atoms with Crippen LogP contribution in [-0.4, -0.2) is 51.1 Å². The summed E-state index contributed by atoms with van der Waals surface area (Å²) >= 11 is 0. The Balaban J connectivity index is 1.28. The molecule has 8 heteroatoms. The molecule has 1 saturated heterocycles. The van der Waals surface area contributed by atoms with E-state index in [1.165, 1.54) is 6.07 Å². The number of amides is 2. The number of nitrogens with zero attached hydrogens (tertiary/aromatic N) is 4. The molecule has 1 fully saturated rings. The van der Waals surface area contributed by atoms with Crippen LogP contribution in [0, 0.1) is 6.92 Å². The molecule has 0 saturated carbocycles. The van der Waals surface area contributed by atoms with Gasteiger partial charge in [0.15, 0.2) is 0 Å². The van der Waals surface area contributed by atoms with Crippen LogP contribution in [0.3, 0.4) is 0 Å². The highest BCUT2D eigenvalue weighted by Crippen LogP contribution is 2.47. The van der Waals surface area contributed by atoms with Crippen molar-refractivity contribution in [3.05, 3.63) is 93.5 Å². The number of anilines is 1. The largest absolute Gasteiger partial charge is 0.339 e. The number of aromatic amines is 1. The number of aryl methyl sites for hydroxylation is 2. The zero-order valence-corrected chi connectivity index (χ0v) is 20.3. The molecule has 1 N–H and O–H groups in total. The first-order valence-corrected chi connectivity index (χ1v) is 12.2. The van der Waals surface area contributed by atoms with Crippen LogP contribution in [0.2, 0.25) is 0 Å². The van der Waals surface area contributed by atoms with Crippen LogP contribution in [0.4, 0.5) is 5.69 Å². The lowest BCUT2D eigenvalue weighted by Gasteiger charge is -2.40. The SMILES string of the molecule is Cc1nn(C)cc1C(=O)N1CC2(CCN(C(=O)c3cc(=O)[nH]c4ccccc34)CC2)c2ccccc21. The highest BCUT2D eigenvalue weighted by molar-refractivity contribution is 6.08. The molecule has 2 aliphatic rings. The van der Waals surface area contributed by atoms with Gasteiger partial charge in [0.25, 0.3) is 11.8 Å². The zero-order chi connectivity index (χ0) is 25.0. The summed E-state index contributed by atoms with van der Waals surface area (Å²) in [5.74, 6) is -0.171. The van der Waals surface area contributed by atoms with Gasteiger partial charge in [-0.05, 0) is 37.5 Å². The number of piperidine rings is 1. The molecule has 2 aromatic heterocycles. The van der Waals surface area contributed by atoms with Crippen LogP contribution in [0.5, 0.6) is 0 Å². The third-order valence-electron chi connectivity index (χ3n) is 7.70. The van der Waals surface area contributed by atoms with Gasteiger partial charge in [-0.25, -0.2) is 0 Å². The standard InChI is InChI=1S/C28H27N5O3/c1-18-21(16-31(2)30-18)27(36)33-17-28(22-8-4-6-10-24(22)33)11-13-32(14-12-28)26(35)20-15-25(34)29-23-9-5-3-7-19(20)23/h3-10,15-16H,11-14,17H2,1-2H3,(H,29,34). The summed E-state index contributed by atoms with van der Waals surface area (Å²) < 4.78 is 1.67. The van der Waals surface area contributed by atoms with Gasteiger partial charge >= 0.3 is 0 Å². The molecule has 0 aliphatic carbocycles. The van der Waals surface area contributed by atoms with Gasteiger partial charge in [-0.3, -0.25) is 19.1 Å². The Bertz CT molecular complexity index is 1580. The number of H-pyrrole nitrogens is 1. The van der Waals surface area contributed by atoms with E-state index in [4.69, 9.17) is 0 Å². The first-order valence-electron chi connectivity index (χ1n) is 12.2. The molecule has 4 aromatic rings. The number of hydrogen-bond donors (Lipinski definition) is 1. The summed E-state index contributed by atoms with van der Waals surface area (Å²) in [4.78, 5) is 45.8. The lowest BCUT2D eigenvalue weighted by Crippen LogP contribution is -2.48. The van der Waals surface area contributed by atoms with Crippen molar-refractivity contribution in [1.29, 1.82) is 0 Å². The zero-order valence-electron chi connectivity index (χ0n) is 20.3. The molecule has 36 heavy (non-hydrogen) atoms. The summed E-state index contributed by atoms with van der Waals surface area (Å²) in [6.45, 7) is 3.55. The predicted octanol–water partition coefficient (Wildman–Crippen LogP) is 3.40. The summed E-state index contributed by atoms with van der Waals surface area (Å²) in [5.41, 5.74) is 4.02. The quantitative estimate of drug-likeness (QED) is 0.475. The fourth-order valence-corrected chi connectivity index (χ4v) is 5.88. The fraction of sp³-hybridized carbons (Fsp3) is 0.286. The Morgan fingerprint density at radius 3 is 2.44 bits per heavy atom. The number of nitrogens with one attached hydrogen (secondary N) is 1. The van der Waals surface area contributed by atoms with E-state index in [-0.39, 0.29) is 22.8 Å². The average molecular weight is 482 g/mol. The molecule has 182 valence electrons. The second kappa shape index (κ2) is 8.19. The van der Waals surface area contributed by atoms with Crippen molar-refractivity contribution >= 4 is 28.4 Å². The molecule has 2 aliphatic heterocycles. The monoisotopic (exact) mass is 481 g/mol. The van der Waals surface area contributed by atoms with Crippen molar-refractivity contribution in [3.8, 4) is 0 Å². The average Bonchev–Trinajstić information content (AvgIpc) is 3.39. The maximum Gasteiger partial charge on any atom is 0.261 e. The number of pyridine rings is 1. The van der Waals surface area contributed by atoms with Crippen molar-refractivity contribution in [1.82, 2.24) is 19.7 Å². The Kier molecular flexibility index (Phi) is 5.07. The molecule has 0 unspecified atom stereocenters. The Morgan fingerprint density at radius 1 is 0.972 bits per heavy atom. The molecular weight excluding hydrogens is 454 g/mol. The minimum atomic E-state index is -0.282. The van der Waals surface area contributed by atoms with E-state index in [1.54, 1.807) is 10.9 Å². The normalized spacial score (nSPS) is 16.5. The second-order valence-electron chi connectivity index (χ2n) is 9.88. The molecule has 6 rings (SSSR count). The predicted molar refractivity (Wildman–Crippen MR) is 137 cm³/mol. The van der Waals surface area contributed by atoms with Crippen LogP contribution >= 0.6 is 0 Å². The first-order chi connectivity index (χ1) is 17.4. The maximum atomic E-state index is 13.6.